The number of hydrogen-bond donors (Lipinski definition) is 1. The Kier molecular flexibility index (Phi) is 5.26. The van der Waals surface area contributed by atoms with Crippen molar-refractivity contribution in [3.63, 3.8) is 0 Å². The van der Waals surface area contributed by atoms with Gasteiger partial charge in [0.25, 0.3) is 0 Å². The van der Waals surface area contributed by atoms with Crippen LogP contribution >= 0.6 is 11.6 Å². The number of fused-ring (bicyclic) bond motifs is 1. The third kappa shape index (κ3) is 3.11. The largest absolute Gasteiger partial charge is 0.496 e. The summed E-state index contributed by atoms with van der Waals surface area (Å²) in [4.78, 5) is 25.7. The van der Waals surface area contributed by atoms with Crippen LogP contribution in [0.4, 0.5) is 0 Å². The second-order valence-corrected chi connectivity index (χ2v) is 7.82. The van der Waals surface area contributed by atoms with Crippen LogP contribution in [0.3, 0.4) is 0 Å². The summed E-state index contributed by atoms with van der Waals surface area (Å²) in [7, 11) is 1.38. The number of benzene rings is 1. The molecular weight excluding hydrogens is 428 g/mol. The van der Waals surface area contributed by atoms with Crippen molar-refractivity contribution in [2.45, 2.75) is 38.9 Å². The number of nitrogens with zero attached hydrogens (tertiary/aromatic N) is 2. The molecule has 1 spiro atoms. The van der Waals surface area contributed by atoms with Crippen LogP contribution < -0.4 is 9.47 Å². The lowest BCUT2D eigenvalue weighted by Crippen LogP contribution is -2.51. The van der Waals surface area contributed by atoms with E-state index in [1.54, 1.807) is 13.8 Å². The van der Waals surface area contributed by atoms with E-state index in [-0.39, 0.29) is 64.0 Å². The number of halogens is 1. The van der Waals surface area contributed by atoms with Crippen molar-refractivity contribution >= 4 is 23.2 Å². The van der Waals surface area contributed by atoms with Crippen molar-refractivity contribution in [3.8, 4) is 23.0 Å². The molecule has 0 saturated carbocycles. The Bertz CT molecular complexity index is 1110. The first-order valence-corrected chi connectivity index (χ1v) is 10.2. The molecule has 2 aromatic rings. The van der Waals surface area contributed by atoms with Gasteiger partial charge in [0, 0.05) is 18.4 Å². The molecule has 1 aromatic carbocycles. The number of aromatic nitrogens is 2. The van der Waals surface area contributed by atoms with Gasteiger partial charge >= 0.3 is 0 Å². The number of hydrogen-bond acceptors (Lipinski definition) is 9. The molecule has 1 aliphatic heterocycles. The van der Waals surface area contributed by atoms with Crippen molar-refractivity contribution in [2.24, 2.45) is 5.92 Å². The predicted molar refractivity (Wildman–Crippen MR) is 108 cm³/mol. The maximum Gasteiger partial charge on any atom is 0.249 e. The Morgan fingerprint density at radius 3 is 2.74 bits per heavy atom. The molecule has 164 valence electrons. The van der Waals surface area contributed by atoms with Crippen molar-refractivity contribution in [2.75, 3.05) is 13.7 Å². The maximum absolute atomic E-state index is 13.7. The molecule has 0 bridgehead atoms. The standard InChI is InChI=1S/C21H21ClN2O7/c1-5-29-13-8-12(20-24-23-19(30-20)10(3)25)16(22)17-15(13)18(27)21(31-17)9(2)6-11(26)7-14(21)28-4/h7-10,25H,5-6H2,1-4H3/t9-,10+,21+/m1/s1. The van der Waals surface area contributed by atoms with Crippen LogP contribution in [0.1, 0.15) is 49.5 Å². The molecule has 31 heavy (non-hydrogen) atoms. The van der Waals surface area contributed by atoms with Gasteiger partial charge in [-0.3, -0.25) is 9.59 Å². The smallest absolute Gasteiger partial charge is 0.249 e. The van der Waals surface area contributed by atoms with Gasteiger partial charge in [-0.25, -0.2) is 0 Å². The highest BCUT2D eigenvalue weighted by Crippen LogP contribution is 2.54. The van der Waals surface area contributed by atoms with Crippen LogP contribution in [-0.4, -0.2) is 46.2 Å². The molecule has 4 rings (SSSR count). The average molecular weight is 449 g/mol. The van der Waals surface area contributed by atoms with Crippen LogP contribution in [-0.2, 0) is 9.53 Å². The number of rotatable bonds is 5. The molecule has 0 amide bonds. The molecule has 3 atom stereocenters. The first-order chi connectivity index (χ1) is 14.7. The fourth-order valence-corrected chi connectivity index (χ4v) is 4.22. The Balaban J connectivity index is 1.92. The highest BCUT2D eigenvalue weighted by Gasteiger charge is 2.60. The summed E-state index contributed by atoms with van der Waals surface area (Å²) in [6.07, 6.45) is 0.436. The van der Waals surface area contributed by atoms with Gasteiger partial charge in [0.05, 0.1) is 24.3 Å². The van der Waals surface area contributed by atoms with Crippen LogP contribution in [0.25, 0.3) is 11.5 Å². The van der Waals surface area contributed by atoms with E-state index in [0.29, 0.717) is 0 Å². The van der Waals surface area contributed by atoms with Crippen molar-refractivity contribution in [1.82, 2.24) is 10.2 Å². The van der Waals surface area contributed by atoms with Gasteiger partial charge in [-0.1, -0.05) is 18.5 Å². The van der Waals surface area contributed by atoms with E-state index in [9.17, 15) is 14.7 Å². The molecule has 1 aromatic heterocycles. The molecule has 0 saturated heterocycles. The summed E-state index contributed by atoms with van der Waals surface area (Å²) < 4.78 is 22.8. The van der Waals surface area contributed by atoms with Gasteiger partial charge in [-0.15, -0.1) is 10.2 Å². The monoisotopic (exact) mass is 448 g/mol. The number of allylic oxidation sites excluding steroid dienone is 1. The Hall–Kier alpha value is -2.91. The van der Waals surface area contributed by atoms with E-state index in [1.165, 1.54) is 26.2 Å². The molecule has 9 nitrogen and oxygen atoms in total. The molecule has 10 heteroatoms. The zero-order valence-corrected chi connectivity index (χ0v) is 18.1. The Labute approximate surface area is 182 Å². The average Bonchev–Trinajstić information content (AvgIpc) is 3.32. The summed E-state index contributed by atoms with van der Waals surface area (Å²) in [6, 6.07) is 1.53. The molecule has 2 aliphatic rings. The molecule has 0 unspecified atom stereocenters. The second-order valence-electron chi connectivity index (χ2n) is 7.45. The lowest BCUT2D eigenvalue weighted by Gasteiger charge is -2.36. The zero-order chi connectivity index (χ0) is 22.5. The Morgan fingerprint density at radius 2 is 2.13 bits per heavy atom. The number of aliphatic hydroxyl groups excluding tert-OH is 1. The summed E-state index contributed by atoms with van der Waals surface area (Å²) in [5.74, 6) is -0.564. The highest BCUT2D eigenvalue weighted by atomic mass is 35.5. The normalized spacial score (nSPS) is 23.4. The molecule has 1 N–H and O–H groups in total. The van der Waals surface area contributed by atoms with Gasteiger partial charge in [-0.2, -0.15) is 0 Å². The number of aliphatic hydroxyl groups is 1. The first kappa shape index (κ1) is 21.3. The highest BCUT2D eigenvalue weighted by molar-refractivity contribution is 6.36. The summed E-state index contributed by atoms with van der Waals surface area (Å²) in [5, 5.41) is 17.5. The van der Waals surface area contributed by atoms with Gasteiger partial charge in [0.2, 0.25) is 23.2 Å². The van der Waals surface area contributed by atoms with Gasteiger partial charge < -0.3 is 23.7 Å². The fraction of sp³-hybridized carbons (Fsp3) is 0.429. The van der Waals surface area contributed by atoms with Crippen molar-refractivity contribution in [1.29, 1.82) is 0 Å². The summed E-state index contributed by atoms with van der Waals surface area (Å²) in [5.41, 5.74) is -1.08. The number of carbonyl (C=O) groups is 2. The van der Waals surface area contributed by atoms with Crippen molar-refractivity contribution in [3.05, 3.63) is 34.4 Å². The van der Waals surface area contributed by atoms with Crippen LogP contribution in [0, 0.1) is 5.92 Å². The predicted octanol–water partition coefficient (Wildman–Crippen LogP) is 3.30. The maximum atomic E-state index is 13.7. The van der Waals surface area contributed by atoms with Crippen LogP contribution in [0.15, 0.2) is 22.3 Å². The minimum atomic E-state index is -1.53. The van der Waals surface area contributed by atoms with Gasteiger partial charge in [0.15, 0.2) is 17.3 Å². The van der Waals surface area contributed by atoms with E-state index < -0.39 is 23.4 Å². The lowest BCUT2D eigenvalue weighted by molar-refractivity contribution is -0.118. The fourth-order valence-electron chi connectivity index (χ4n) is 3.95. The van der Waals surface area contributed by atoms with Gasteiger partial charge in [-0.05, 0) is 19.9 Å². The number of methoxy groups -OCH3 is 1. The molecule has 1 aliphatic carbocycles. The quantitative estimate of drug-likeness (QED) is 0.734. The van der Waals surface area contributed by atoms with E-state index >= 15 is 0 Å². The third-order valence-electron chi connectivity index (χ3n) is 5.42. The van der Waals surface area contributed by atoms with E-state index in [0.717, 1.165) is 0 Å². The minimum Gasteiger partial charge on any atom is -0.496 e. The summed E-state index contributed by atoms with van der Waals surface area (Å²) in [6.45, 7) is 5.29. The first-order valence-electron chi connectivity index (χ1n) is 9.78. The van der Waals surface area contributed by atoms with Crippen molar-refractivity contribution < 1.29 is 33.3 Å². The number of Topliss-reactive ketones (excluding diaryl/α,β-unsaturated/α-hetero) is 1. The number of carbonyl (C=O) groups excluding carboxylic acids is 2. The minimum absolute atomic E-state index is 0.0157. The third-order valence-corrected chi connectivity index (χ3v) is 5.80. The molecular formula is C21H21ClN2O7. The SMILES string of the molecule is CCOc1cc(-c2nnc([C@H](C)O)o2)c(Cl)c2c1C(=O)[C@@]1(O2)C(OC)=CC(=O)C[C@H]1C. The van der Waals surface area contributed by atoms with Gasteiger partial charge in [0.1, 0.15) is 17.4 Å². The Morgan fingerprint density at radius 1 is 1.39 bits per heavy atom. The van der Waals surface area contributed by atoms with E-state index in [2.05, 4.69) is 10.2 Å². The molecule has 0 fully saturated rings. The number of ether oxygens (including phenoxy) is 3. The topological polar surface area (TPSA) is 121 Å². The molecule has 2 heterocycles. The lowest BCUT2D eigenvalue weighted by atomic mass is 9.75. The zero-order valence-electron chi connectivity index (χ0n) is 17.4. The second kappa shape index (κ2) is 7.65. The van der Waals surface area contributed by atoms with Crippen LogP contribution in [0.2, 0.25) is 5.02 Å². The van der Waals surface area contributed by atoms with Crippen LogP contribution in [0.5, 0.6) is 11.5 Å². The summed E-state index contributed by atoms with van der Waals surface area (Å²) >= 11 is 6.63. The van der Waals surface area contributed by atoms with E-state index in [1.807, 2.05) is 0 Å². The molecule has 0 radical (unpaired) electrons. The number of ketones is 2. The van der Waals surface area contributed by atoms with E-state index in [4.69, 9.17) is 30.2 Å².